The van der Waals surface area contributed by atoms with Crippen LogP contribution < -0.4 is 0 Å². The van der Waals surface area contributed by atoms with Gasteiger partial charge in [-0.25, -0.2) is 18.0 Å². The van der Waals surface area contributed by atoms with E-state index in [1.807, 2.05) is 0 Å². The lowest BCUT2D eigenvalue weighted by Crippen LogP contribution is -2.49. The van der Waals surface area contributed by atoms with Gasteiger partial charge < -0.3 is 4.74 Å². The molecule has 0 amide bonds. The Morgan fingerprint density at radius 1 is 1.19 bits per heavy atom. The smallest absolute Gasteiger partial charge is 0.372 e. The Bertz CT molecular complexity index is 251. The summed E-state index contributed by atoms with van der Waals surface area (Å²) < 4.78 is 87.9. The van der Waals surface area contributed by atoms with Crippen molar-refractivity contribution in [3.8, 4) is 0 Å². The van der Waals surface area contributed by atoms with Crippen molar-refractivity contribution in [2.24, 2.45) is 0 Å². The molecule has 0 aromatic rings. The third-order valence-corrected chi connectivity index (χ3v) is 1.48. The molecule has 9 heteroatoms. The summed E-state index contributed by atoms with van der Waals surface area (Å²) in [7, 11) is 0. The maximum Gasteiger partial charge on any atom is 0.372 e. The first kappa shape index (κ1) is 15.0. The van der Waals surface area contributed by atoms with E-state index in [-0.39, 0.29) is 0 Å². The van der Waals surface area contributed by atoms with Crippen LogP contribution in [0.25, 0.3) is 0 Å². The third kappa shape index (κ3) is 3.24. The molecule has 0 aromatic carbocycles. The number of esters is 1. The summed E-state index contributed by atoms with van der Waals surface area (Å²) in [5.41, 5.74) is 0. The molecule has 0 aromatic heterocycles. The van der Waals surface area contributed by atoms with Gasteiger partial charge in [0.15, 0.2) is 12.8 Å². The number of hydrogen-bond donors (Lipinski definition) is 0. The normalized spacial score (nSPS) is 15.1. The summed E-state index contributed by atoms with van der Waals surface area (Å²) in [5, 5.41) is 0. The first-order valence-corrected chi connectivity index (χ1v) is 3.87. The molecule has 0 rings (SSSR count). The highest BCUT2D eigenvalue weighted by molar-refractivity contribution is 5.73. The highest BCUT2D eigenvalue weighted by atomic mass is 19.3. The predicted octanol–water partition coefficient (Wildman–Crippen LogP) is 2.42. The van der Waals surface area contributed by atoms with Crippen molar-refractivity contribution in [3.05, 3.63) is 0 Å². The van der Waals surface area contributed by atoms with Gasteiger partial charge in [0.25, 0.3) is 0 Å². The number of alkyl halides is 7. The average molecular weight is 256 g/mol. The molecule has 0 aliphatic rings. The van der Waals surface area contributed by atoms with Crippen LogP contribution in [0, 0.1) is 0 Å². The molecule has 0 saturated heterocycles. The zero-order chi connectivity index (χ0) is 13.1. The lowest BCUT2D eigenvalue weighted by atomic mass is 10.2. The molecule has 0 fully saturated rings. The molecule has 0 heterocycles. The summed E-state index contributed by atoms with van der Waals surface area (Å²) in [6, 6.07) is 0. The molecule has 16 heavy (non-hydrogen) atoms. The van der Waals surface area contributed by atoms with Gasteiger partial charge in [0.1, 0.15) is 0 Å². The van der Waals surface area contributed by atoms with E-state index in [1.165, 1.54) is 0 Å². The second kappa shape index (κ2) is 4.88. The van der Waals surface area contributed by atoms with Crippen LogP contribution in [0.4, 0.5) is 30.7 Å². The van der Waals surface area contributed by atoms with Crippen LogP contribution in [0.2, 0.25) is 0 Å². The van der Waals surface area contributed by atoms with Gasteiger partial charge in [-0.2, -0.15) is 17.6 Å². The monoisotopic (exact) mass is 256 g/mol. The molecule has 96 valence electrons. The quantitative estimate of drug-likeness (QED) is 0.557. The second-order valence-electron chi connectivity index (χ2n) is 2.85. The average Bonchev–Trinajstić information content (AvgIpc) is 2.13. The molecule has 0 spiro atoms. The van der Waals surface area contributed by atoms with E-state index in [9.17, 15) is 35.5 Å². The van der Waals surface area contributed by atoms with E-state index in [0.717, 1.165) is 0 Å². The molecular weight excluding hydrogens is 249 g/mol. The number of ether oxygens (including phenoxy) is 1. The topological polar surface area (TPSA) is 26.3 Å². The maximum absolute atomic E-state index is 12.4. The number of hydrogen-bond acceptors (Lipinski definition) is 2. The Morgan fingerprint density at radius 3 is 1.94 bits per heavy atom. The van der Waals surface area contributed by atoms with Gasteiger partial charge in [0, 0.05) is 0 Å². The van der Waals surface area contributed by atoms with Crippen molar-refractivity contribution in [1.29, 1.82) is 0 Å². The molecular formula is C7H7F7O2. The molecule has 2 nitrogen and oxygen atoms in total. The Balaban J connectivity index is 4.52. The molecule has 1 unspecified atom stereocenters. The number of carbonyl (C=O) groups is 1. The summed E-state index contributed by atoms with van der Waals surface area (Å²) in [4.78, 5) is 10.3. The molecule has 0 radical (unpaired) electrons. The molecule has 0 N–H and O–H groups in total. The standard InChI is InChI=1S/C7H7F7O2/c1-3(8)4(15)16-2-6(11,12)7(13,14)5(9)10/h3,5H,2H2,1H3. The SMILES string of the molecule is CC(F)C(=O)OCC(F)(F)C(F)(F)C(F)F. The minimum Gasteiger partial charge on any atom is -0.457 e. The van der Waals surface area contributed by atoms with Gasteiger partial charge in [-0.1, -0.05) is 0 Å². The van der Waals surface area contributed by atoms with Crippen LogP contribution in [0.15, 0.2) is 0 Å². The van der Waals surface area contributed by atoms with Crippen molar-refractivity contribution in [2.75, 3.05) is 6.61 Å². The summed E-state index contributed by atoms with van der Waals surface area (Å²) in [6.07, 6.45) is -6.93. The van der Waals surface area contributed by atoms with E-state index >= 15 is 0 Å². The Labute approximate surface area is 85.4 Å². The molecule has 0 aliphatic heterocycles. The second-order valence-corrected chi connectivity index (χ2v) is 2.85. The fourth-order valence-electron chi connectivity index (χ4n) is 0.532. The van der Waals surface area contributed by atoms with Crippen molar-refractivity contribution in [2.45, 2.75) is 31.4 Å². The van der Waals surface area contributed by atoms with E-state index in [0.29, 0.717) is 6.92 Å². The van der Waals surface area contributed by atoms with Crippen LogP contribution in [0.3, 0.4) is 0 Å². The van der Waals surface area contributed by atoms with Crippen LogP contribution in [-0.2, 0) is 9.53 Å². The highest BCUT2D eigenvalue weighted by Gasteiger charge is 2.63. The van der Waals surface area contributed by atoms with E-state index in [1.54, 1.807) is 0 Å². The maximum atomic E-state index is 12.4. The largest absolute Gasteiger partial charge is 0.457 e. The lowest BCUT2D eigenvalue weighted by molar-refractivity contribution is -0.277. The van der Waals surface area contributed by atoms with Crippen LogP contribution in [0.1, 0.15) is 6.92 Å². The predicted molar refractivity (Wildman–Crippen MR) is 37.4 cm³/mol. The molecule has 0 bridgehead atoms. The van der Waals surface area contributed by atoms with Crippen molar-refractivity contribution in [3.63, 3.8) is 0 Å². The minimum absolute atomic E-state index is 0.617. The zero-order valence-corrected chi connectivity index (χ0v) is 7.82. The fourth-order valence-corrected chi connectivity index (χ4v) is 0.532. The van der Waals surface area contributed by atoms with Crippen LogP contribution in [0.5, 0.6) is 0 Å². The van der Waals surface area contributed by atoms with Gasteiger partial charge in [-0.15, -0.1) is 0 Å². The summed E-state index contributed by atoms with van der Waals surface area (Å²) in [6.45, 7) is -1.69. The Kier molecular flexibility index (Phi) is 4.56. The van der Waals surface area contributed by atoms with Crippen molar-refractivity contribution in [1.82, 2.24) is 0 Å². The summed E-state index contributed by atoms with van der Waals surface area (Å²) >= 11 is 0. The molecule has 1 atom stereocenters. The lowest BCUT2D eigenvalue weighted by Gasteiger charge is -2.25. The minimum atomic E-state index is -5.65. The van der Waals surface area contributed by atoms with Gasteiger partial charge in [-0.3, -0.25) is 0 Å². The molecule has 0 aliphatic carbocycles. The highest BCUT2D eigenvalue weighted by Crippen LogP contribution is 2.39. The molecule has 0 saturated carbocycles. The van der Waals surface area contributed by atoms with Crippen LogP contribution in [-0.4, -0.2) is 37.0 Å². The first-order valence-electron chi connectivity index (χ1n) is 3.87. The summed E-state index contributed by atoms with van der Waals surface area (Å²) in [5.74, 6) is -12.7. The van der Waals surface area contributed by atoms with Crippen LogP contribution >= 0.6 is 0 Å². The number of rotatable bonds is 5. The fraction of sp³-hybridized carbons (Fsp3) is 0.857. The first-order chi connectivity index (χ1) is 7.02. The Morgan fingerprint density at radius 2 is 1.62 bits per heavy atom. The van der Waals surface area contributed by atoms with Gasteiger partial charge in [0.2, 0.25) is 0 Å². The van der Waals surface area contributed by atoms with Gasteiger partial charge in [-0.05, 0) is 6.92 Å². The van der Waals surface area contributed by atoms with E-state index in [2.05, 4.69) is 4.74 Å². The third-order valence-electron chi connectivity index (χ3n) is 1.48. The van der Waals surface area contributed by atoms with Crippen molar-refractivity contribution >= 4 is 5.97 Å². The number of halogens is 7. The van der Waals surface area contributed by atoms with Gasteiger partial charge in [0.05, 0.1) is 0 Å². The van der Waals surface area contributed by atoms with Crippen molar-refractivity contribution < 1.29 is 40.3 Å². The van der Waals surface area contributed by atoms with E-state index < -0.39 is 37.0 Å². The van der Waals surface area contributed by atoms with Gasteiger partial charge >= 0.3 is 24.2 Å². The van der Waals surface area contributed by atoms with E-state index in [4.69, 9.17) is 0 Å². The number of carbonyl (C=O) groups excluding carboxylic acids is 1. The Hall–Kier alpha value is -1.02. The zero-order valence-electron chi connectivity index (χ0n) is 7.82.